The smallest absolute Gasteiger partial charge is 0.315 e. The van der Waals surface area contributed by atoms with Crippen molar-refractivity contribution >= 4 is 6.03 Å². The first-order valence-corrected chi connectivity index (χ1v) is 9.27. The molecule has 0 spiro atoms. The van der Waals surface area contributed by atoms with Gasteiger partial charge in [-0.3, -0.25) is 0 Å². The van der Waals surface area contributed by atoms with Crippen molar-refractivity contribution in [3.05, 3.63) is 42.0 Å². The Morgan fingerprint density at radius 3 is 2.03 bits per heavy atom. The number of benzene rings is 2. The lowest BCUT2D eigenvalue weighted by atomic mass is 10.2. The maximum Gasteiger partial charge on any atom is 0.315 e. The van der Waals surface area contributed by atoms with Gasteiger partial charge in [-0.2, -0.15) is 0 Å². The normalized spacial score (nSPS) is 10.1. The zero-order valence-electron chi connectivity index (χ0n) is 17.2. The Labute approximate surface area is 171 Å². The SMILES string of the molecule is CCOc1c(OC)cc(CNC(=O)NCCOc2ccc(OC)cc2)cc1OC. The number of carbonyl (C=O) groups excluding carboxylic acids is 1. The molecule has 0 aliphatic carbocycles. The molecule has 0 radical (unpaired) electrons. The molecular formula is C21H28N2O6. The first-order valence-electron chi connectivity index (χ1n) is 9.27. The molecule has 158 valence electrons. The van der Waals surface area contributed by atoms with Crippen LogP contribution < -0.4 is 34.3 Å². The zero-order chi connectivity index (χ0) is 21.1. The fraction of sp³-hybridized carbons (Fsp3) is 0.381. The lowest BCUT2D eigenvalue weighted by Gasteiger charge is -2.15. The number of ether oxygens (including phenoxy) is 5. The standard InChI is InChI=1S/C21H28N2O6/c1-5-28-20-18(26-3)12-15(13-19(20)27-4)14-23-21(24)22-10-11-29-17-8-6-16(25-2)7-9-17/h6-9,12-13H,5,10-11,14H2,1-4H3,(H2,22,23,24). The van der Waals surface area contributed by atoms with Crippen LogP contribution in [0, 0.1) is 0 Å². The highest BCUT2D eigenvalue weighted by Crippen LogP contribution is 2.38. The van der Waals surface area contributed by atoms with Crippen molar-refractivity contribution in [2.45, 2.75) is 13.5 Å². The third-order valence-electron chi connectivity index (χ3n) is 3.98. The highest BCUT2D eigenvalue weighted by atomic mass is 16.5. The number of rotatable bonds is 11. The second-order valence-electron chi connectivity index (χ2n) is 5.90. The molecular weight excluding hydrogens is 376 g/mol. The predicted molar refractivity (Wildman–Crippen MR) is 109 cm³/mol. The van der Waals surface area contributed by atoms with Crippen LogP contribution in [0.25, 0.3) is 0 Å². The van der Waals surface area contributed by atoms with Crippen molar-refractivity contribution in [3.8, 4) is 28.7 Å². The van der Waals surface area contributed by atoms with E-state index in [2.05, 4.69) is 10.6 Å². The quantitative estimate of drug-likeness (QED) is 0.560. The van der Waals surface area contributed by atoms with Gasteiger partial charge < -0.3 is 34.3 Å². The van der Waals surface area contributed by atoms with E-state index in [-0.39, 0.29) is 6.03 Å². The van der Waals surface area contributed by atoms with E-state index in [9.17, 15) is 4.79 Å². The number of nitrogens with one attached hydrogen (secondary N) is 2. The van der Waals surface area contributed by atoms with Gasteiger partial charge in [-0.1, -0.05) is 0 Å². The number of carbonyl (C=O) groups is 1. The number of urea groups is 1. The summed E-state index contributed by atoms with van der Waals surface area (Å²) in [6.45, 7) is 3.41. The van der Waals surface area contributed by atoms with Gasteiger partial charge in [0, 0.05) is 6.54 Å². The molecule has 2 aromatic rings. The minimum Gasteiger partial charge on any atom is -0.497 e. The Balaban J connectivity index is 1.79. The summed E-state index contributed by atoms with van der Waals surface area (Å²) >= 11 is 0. The van der Waals surface area contributed by atoms with Gasteiger partial charge in [-0.25, -0.2) is 4.79 Å². The lowest BCUT2D eigenvalue weighted by Crippen LogP contribution is -2.37. The van der Waals surface area contributed by atoms with E-state index in [0.29, 0.717) is 49.3 Å². The largest absolute Gasteiger partial charge is 0.497 e. The Bertz CT molecular complexity index is 754. The van der Waals surface area contributed by atoms with Crippen LogP contribution >= 0.6 is 0 Å². The molecule has 0 bridgehead atoms. The molecule has 0 aromatic heterocycles. The fourth-order valence-corrected chi connectivity index (χ4v) is 2.57. The van der Waals surface area contributed by atoms with Crippen LogP contribution in [0.5, 0.6) is 28.7 Å². The Kier molecular flexibility index (Phi) is 8.75. The van der Waals surface area contributed by atoms with Gasteiger partial charge in [0.25, 0.3) is 0 Å². The fourth-order valence-electron chi connectivity index (χ4n) is 2.57. The summed E-state index contributed by atoms with van der Waals surface area (Å²) in [6.07, 6.45) is 0. The predicted octanol–water partition coefficient (Wildman–Crippen LogP) is 2.99. The van der Waals surface area contributed by atoms with Crippen LogP contribution in [0.1, 0.15) is 12.5 Å². The van der Waals surface area contributed by atoms with E-state index in [4.69, 9.17) is 23.7 Å². The van der Waals surface area contributed by atoms with Crippen molar-refractivity contribution in [2.24, 2.45) is 0 Å². The summed E-state index contributed by atoms with van der Waals surface area (Å²) in [7, 11) is 4.73. The van der Waals surface area contributed by atoms with Crippen molar-refractivity contribution in [3.63, 3.8) is 0 Å². The molecule has 29 heavy (non-hydrogen) atoms. The maximum atomic E-state index is 12.0. The van der Waals surface area contributed by atoms with E-state index in [1.165, 1.54) is 0 Å². The van der Waals surface area contributed by atoms with Gasteiger partial charge in [0.1, 0.15) is 18.1 Å². The maximum absolute atomic E-state index is 12.0. The van der Waals surface area contributed by atoms with Crippen LogP contribution in [0.3, 0.4) is 0 Å². The van der Waals surface area contributed by atoms with Gasteiger partial charge in [0.05, 0.1) is 34.5 Å². The number of hydrogen-bond acceptors (Lipinski definition) is 6. The van der Waals surface area contributed by atoms with Gasteiger partial charge in [-0.05, 0) is 48.9 Å². The van der Waals surface area contributed by atoms with E-state index < -0.39 is 0 Å². The molecule has 0 aliphatic heterocycles. The van der Waals surface area contributed by atoms with Gasteiger partial charge >= 0.3 is 6.03 Å². The van der Waals surface area contributed by atoms with Crippen molar-refractivity contribution in [2.75, 3.05) is 41.1 Å². The van der Waals surface area contributed by atoms with E-state index in [1.807, 2.05) is 31.2 Å². The highest BCUT2D eigenvalue weighted by molar-refractivity contribution is 5.73. The van der Waals surface area contributed by atoms with E-state index in [1.54, 1.807) is 33.5 Å². The van der Waals surface area contributed by atoms with Crippen LogP contribution in [0.15, 0.2) is 36.4 Å². The molecule has 0 unspecified atom stereocenters. The van der Waals surface area contributed by atoms with Crippen LogP contribution in [0.4, 0.5) is 4.79 Å². The minimum atomic E-state index is -0.296. The number of amides is 2. The molecule has 0 saturated heterocycles. The van der Waals surface area contributed by atoms with Gasteiger partial charge in [0.2, 0.25) is 5.75 Å². The highest BCUT2D eigenvalue weighted by Gasteiger charge is 2.14. The summed E-state index contributed by atoms with van der Waals surface area (Å²) in [5.41, 5.74) is 0.826. The molecule has 0 fully saturated rings. The van der Waals surface area contributed by atoms with Crippen molar-refractivity contribution in [1.82, 2.24) is 10.6 Å². The van der Waals surface area contributed by atoms with Gasteiger partial charge in [-0.15, -0.1) is 0 Å². The van der Waals surface area contributed by atoms with Crippen LogP contribution in [0.2, 0.25) is 0 Å². The third-order valence-corrected chi connectivity index (χ3v) is 3.98. The molecule has 2 aromatic carbocycles. The number of hydrogen-bond donors (Lipinski definition) is 2. The zero-order valence-corrected chi connectivity index (χ0v) is 17.2. The molecule has 0 saturated carbocycles. The minimum absolute atomic E-state index is 0.296. The Morgan fingerprint density at radius 1 is 0.862 bits per heavy atom. The summed E-state index contributed by atoms with van der Waals surface area (Å²) in [5, 5.41) is 5.54. The summed E-state index contributed by atoms with van der Waals surface area (Å²) in [6, 6.07) is 10.6. The number of methoxy groups -OCH3 is 3. The molecule has 2 amide bonds. The van der Waals surface area contributed by atoms with Gasteiger partial charge in [0.15, 0.2) is 11.5 Å². The first-order chi connectivity index (χ1) is 14.1. The van der Waals surface area contributed by atoms with Crippen LogP contribution in [-0.2, 0) is 6.54 Å². The molecule has 2 rings (SSSR count). The molecule has 0 heterocycles. The first kappa shape index (κ1) is 22.0. The molecule has 8 nitrogen and oxygen atoms in total. The monoisotopic (exact) mass is 404 g/mol. The molecule has 2 N–H and O–H groups in total. The van der Waals surface area contributed by atoms with Crippen molar-refractivity contribution < 1.29 is 28.5 Å². The van der Waals surface area contributed by atoms with E-state index in [0.717, 1.165) is 11.3 Å². The molecule has 0 aliphatic rings. The second kappa shape index (κ2) is 11.5. The lowest BCUT2D eigenvalue weighted by molar-refractivity contribution is 0.236. The second-order valence-corrected chi connectivity index (χ2v) is 5.90. The topological polar surface area (TPSA) is 87.3 Å². The summed E-state index contributed by atoms with van der Waals surface area (Å²) in [5.74, 6) is 3.12. The molecule has 8 heteroatoms. The van der Waals surface area contributed by atoms with Crippen molar-refractivity contribution in [1.29, 1.82) is 0 Å². The summed E-state index contributed by atoms with van der Waals surface area (Å²) < 4.78 is 27.0. The third kappa shape index (κ3) is 6.67. The average Bonchev–Trinajstić information content (AvgIpc) is 2.76. The Hall–Kier alpha value is -3.29. The molecule has 0 atom stereocenters. The Morgan fingerprint density at radius 2 is 1.48 bits per heavy atom. The summed E-state index contributed by atoms with van der Waals surface area (Å²) in [4.78, 5) is 12.0. The van der Waals surface area contributed by atoms with Crippen LogP contribution in [-0.4, -0.2) is 47.1 Å². The average molecular weight is 404 g/mol. The van der Waals surface area contributed by atoms with E-state index >= 15 is 0 Å².